The molecule has 9 heteroatoms. The lowest BCUT2D eigenvalue weighted by molar-refractivity contribution is -0.384. The maximum atomic E-state index is 10.7. The second-order valence-electron chi connectivity index (χ2n) is 8.40. The minimum atomic E-state index is -2.19. The first kappa shape index (κ1) is 22.0. The Hall–Kier alpha value is -1.01. The maximum Gasteiger partial charge on any atom is 0.314 e. The quantitative estimate of drug-likeness (QED) is 0.254. The largest absolute Gasteiger partial charge is 0.437 e. The second-order valence-corrected chi connectivity index (χ2v) is 21.2. The van der Waals surface area contributed by atoms with E-state index in [0.29, 0.717) is 0 Å². The average Bonchev–Trinajstić information content (AvgIpc) is 2.40. The van der Waals surface area contributed by atoms with Gasteiger partial charge in [0.1, 0.15) is 0 Å². The van der Waals surface area contributed by atoms with Crippen LogP contribution in [-0.4, -0.2) is 36.7 Å². The zero-order valence-corrected chi connectivity index (χ0v) is 19.5. The summed E-state index contributed by atoms with van der Waals surface area (Å²) in [4.78, 5) is 10.3. The summed E-state index contributed by atoms with van der Waals surface area (Å²) in [7, 11) is -5.51. The van der Waals surface area contributed by atoms with E-state index < -0.39 is 25.2 Å². The SMILES string of the molecule is C[Si](C)(C)O[Si](C)(CCCNc1ccc([N+](=O)[O-])cc1)O[Si](C)(C)C. The van der Waals surface area contributed by atoms with Gasteiger partial charge in [0, 0.05) is 24.4 Å². The molecule has 0 aliphatic rings. The van der Waals surface area contributed by atoms with E-state index in [1.54, 1.807) is 12.1 Å². The van der Waals surface area contributed by atoms with Crippen molar-refractivity contribution in [2.75, 3.05) is 11.9 Å². The van der Waals surface area contributed by atoms with Crippen molar-refractivity contribution in [1.29, 1.82) is 0 Å². The van der Waals surface area contributed by atoms with E-state index in [1.807, 2.05) is 0 Å². The molecule has 0 aromatic heterocycles. The van der Waals surface area contributed by atoms with Crippen molar-refractivity contribution in [2.45, 2.75) is 58.3 Å². The normalized spacial score (nSPS) is 12.9. The summed E-state index contributed by atoms with van der Waals surface area (Å²) in [6.45, 7) is 16.2. The summed E-state index contributed by atoms with van der Waals surface area (Å²) in [6.07, 6.45) is 0.953. The highest BCUT2D eigenvalue weighted by Gasteiger charge is 2.39. The molecule has 0 amide bonds. The molecule has 0 radical (unpaired) electrons. The van der Waals surface area contributed by atoms with Crippen LogP contribution in [0.2, 0.25) is 51.9 Å². The molecule has 0 atom stereocenters. The second kappa shape index (κ2) is 8.58. The third kappa shape index (κ3) is 9.31. The van der Waals surface area contributed by atoms with Crippen molar-refractivity contribution in [1.82, 2.24) is 0 Å². The van der Waals surface area contributed by atoms with Crippen LogP contribution >= 0.6 is 0 Å². The molecular weight excluding hydrogens is 368 g/mol. The summed E-state index contributed by atoms with van der Waals surface area (Å²) in [5.41, 5.74) is 1.00. The van der Waals surface area contributed by atoms with Crippen LogP contribution in [0.4, 0.5) is 11.4 Å². The van der Waals surface area contributed by atoms with Gasteiger partial charge in [-0.2, -0.15) is 0 Å². The van der Waals surface area contributed by atoms with Gasteiger partial charge in [0.2, 0.25) is 0 Å². The molecule has 0 saturated carbocycles. The van der Waals surface area contributed by atoms with Gasteiger partial charge in [-0.05, 0) is 70.4 Å². The molecule has 25 heavy (non-hydrogen) atoms. The molecule has 0 unspecified atom stereocenters. The lowest BCUT2D eigenvalue weighted by atomic mass is 10.3. The van der Waals surface area contributed by atoms with Crippen molar-refractivity contribution >= 4 is 36.6 Å². The number of nitro benzene ring substituents is 1. The van der Waals surface area contributed by atoms with Gasteiger partial charge in [-0.15, -0.1) is 0 Å². The van der Waals surface area contributed by atoms with Gasteiger partial charge < -0.3 is 13.5 Å². The van der Waals surface area contributed by atoms with Gasteiger partial charge in [-0.1, -0.05) is 0 Å². The first-order valence-electron chi connectivity index (χ1n) is 8.68. The summed E-state index contributed by atoms with van der Waals surface area (Å²) in [5.74, 6) is 0. The van der Waals surface area contributed by atoms with Crippen LogP contribution in [0, 0.1) is 10.1 Å². The van der Waals surface area contributed by atoms with Gasteiger partial charge >= 0.3 is 8.56 Å². The van der Waals surface area contributed by atoms with Crippen molar-refractivity contribution < 1.29 is 13.2 Å². The number of nitro groups is 1. The highest BCUT2D eigenvalue weighted by Crippen LogP contribution is 2.25. The van der Waals surface area contributed by atoms with E-state index in [9.17, 15) is 10.1 Å². The Kier molecular flexibility index (Phi) is 7.56. The molecule has 1 aromatic carbocycles. The third-order valence-electron chi connectivity index (χ3n) is 3.26. The summed E-state index contributed by atoms with van der Waals surface area (Å²) >= 11 is 0. The zero-order chi connectivity index (χ0) is 19.3. The van der Waals surface area contributed by atoms with E-state index >= 15 is 0 Å². The Balaban J connectivity index is 2.57. The minimum absolute atomic E-state index is 0.109. The number of hydrogen-bond acceptors (Lipinski definition) is 5. The zero-order valence-electron chi connectivity index (χ0n) is 16.5. The van der Waals surface area contributed by atoms with Crippen LogP contribution in [0.3, 0.4) is 0 Å². The van der Waals surface area contributed by atoms with Crippen LogP contribution in [0.5, 0.6) is 0 Å². The van der Waals surface area contributed by atoms with Gasteiger partial charge in [-0.25, -0.2) is 0 Å². The highest BCUT2D eigenvalue weighted by atomic mass is 28.5. The fourth-order valence-electron chi connectivity index (χ4n) is 2.76. The van der Waals surface area contributed by atoms with Crippen molar-refractivity contribution in [3.63, 3.8) is 0 Å². The molecule has 0 heterocycles. The lowest BCUT2D eigenvalue weighted by Crippen LogP contribution is -2.52. The van der Waals surface area contributed by atoms with E-state index in [-0.39, 0.29) is 10.6 Å². The van der Waals surface area contributed by atoms with Crippen molar-refractivity contribution in [3.05, 3.63) is 34.4 Å². The Morgan fingerprint density at radius 2 is 1.44 bits per heavy atom. The molecule has 0 fully saturated rings. The third-order valence-corrected chi connectivity index (χ3v) is 12.9. The lowest BCUT2D eigenvalue weighted by Gasteiger charge is -2.38. The van der Waals surface area contributed by atoms with Crippen molar-refractivity contribution in [3.8, 4) is 0 Å². The monoisotopic (exact) mass is 400 g/mol. The molecule has 142 valence electrons. The van der Waals surface area contributed by atoms with Gasteiger partial charge in [0.15, 0.2) is 16.6 Å². The Labute approximate surface area is 154 Å². The number of rotatable bonds is 10. The fraction of sp³-hybridized carbons (Fsp3) is 0.625. The average molecular weight is 401 g/mol. The molecule has 1 rings (SSSR count). The van der Waals surface area contributed by atoms with Gasteiger partial charge in [0.25, 0.3) is 5.69 Å². The predicted molar refractivity (Wildman–Crippen MR) is 111 cm³/mol. The maximum absolute atomic E-state index is 10.7. The number of hydrogen-bond donors (Lipinski definition) is 1. The number of nitrogens with one attached hydrogen (secondary N) is 1. The number of nitrogens with zero attached hydrogens (tertiary/aromatic N) is 1. The Morgan fingerprint density at radius 1 is 0.960 bits per heavy atom. The molecule has 6 nitrogen and oxygen atoms in total. The molecule has 0 aliphatic carbocycles. The van der Waals surface area contributed by atoms with E-state index in [2.05, 4.69) is 51.1 Å². The van der Waals surface area contributed by atoms with Crippen LogP contribution < -0.4 is 5.32 Å². The van der Waals surface area contributed by atoms with Gasteiger partial charge in [-0.3, -0.25) is 10.1 Å². The van der Waals surface area contributed by atoms with Crippen LogP contribution in [0.1, 0.15) is 6.42 Å². The first-order chi connectivity index (χ1) is 11.3. The van der Waals surface area contributed by atoms with Crippen molar-refractivity contribution in [2.24, 2.45) is 0 Å². The number of benzene rings is 1. The van der Waals surface area contributed by atoms with E-state index in [1.165, 1.54) is 12.1 Å². The minimum Gasteiger partial charge on any atom is -0.437 e. The number of anilines is 1. The predicted octanol–water partition coefficient (Wildman–Crippen LogP) is 5.17. The molecule has 0 bridgehead atoms. The standard InChI is InChI=1S/C16H32N2O4Si3/c1-23(2,3)21-25(7,22-24(4,5)6)14-8-13-17-15-9-11-16(12-10-15)18(19)20/h9-12,17H,8,13-14H2,1-7H3. The Morgan fingerprint density at radius 3 is 1.84 bits per heavy atom. The van der Waals surface area contributed by atoms with Crippen LogP contribution in [0.15, 0.2) is 24.3 Å². The summed E-state index contributed by atoms with van der Waals surface area (Å²) < 4.78 is 13.0. The van der Waals surface area contributed by atoms with E-state index in [4.69, 9.17) is 8.23 Å². The van der Waals surface area contributed by atoms with Crippen LogP contribution in [0.25, 0.3) is 0 Å². The van der Waals surface area contributed by atoms with Gasteiger partial charge in [0.05, 0.1) is 4.92 Å². The highest BCUT2D eigenvalue weighted by molar-refractivity contribution is 6.87. The van der Waals surface area contributed by atoms with Crippen LogP contribution in [-0.2, 0) is 8.23 Å². The topological polar surface area (TPSA) is 73.6 Å². The molecule has 1 aromatic rings. The fourth-order valence-corrected chi connectivity index (χ4v) is 15.3. The molecule has 0 spiro atoms. The molecule has 0 saturated heterocycles. The molecular formula is C16H32N2O4Si3. The van der Waals surface area contributed by atoms with E-state index in [0.717, 1.165) is 24.7 Å². The number of non-ortho nitro benzene ring substituents is 1. The molecule has 0 aliphatic heterocycles. The molecule has 1 N–H and O–H groups in total. The summed E-state index contributed by atoms with van der Waals surface area (Å²) in [6, 6.07) is 7.47. The Bertz CT molecular complexity index is 552. The summed E-state index contributed by atoms with van der Waals surface area (Å²) in [5, 5.41) is 14.0. The smallest absolute Gasteiger partial charge is 0.314 e. The first-order valence-corrected chi connectivity index (χ1v) is 18.0.